The third-order valence-corrected chi connectivity index (χ3v) is 3.46. The van der Waals surface area contributed by atoms with Gasteiger partial charge in [0.1, 0.15) is 0 Å². The molecular weight excluding hydrogens is 196 g/mol. The van der Waals surface area contributed by atoms with Crippen LogP contribution in [0.4, 0.5) is 11.4 Å². The van der Waals surface area contributed by atoms with Gasteiger partial charge in [0, 0.05) is 31.5 Å². The Morgan fingerprint density at radius 3 is 2.44 bits per heavy atom. The van der Waals surface area contributed by atoms with E-state index < -0.39 is 0 Å². The molecule has 0 spiro atoms. The van der Waals surface area contributed by atoms with Crippen molar-refractivity contribution in [3.8, 4) is 0 Å². The first-order valence-electron chi connectivity index (χ1n) is 6.11. The van der Waals surface area contributed by atoms with E-state index >= 15 is 0 Å². The summed E-state index contributed by atoms with van der Waals surface area (Å²) in [6, 6.07) is 7.31. The molecule has 0 bridgehead atoms. The molecule has 1 N–H and O–H groups in total. The maximum absolute atomic E-state index is 3.62. The molecule has 0 atom stereocenters. The van der Waals surface area contributed by atoms with Crippen molar-refractivity contribution in [1.29, 1.82) is 0 Å². The zero-order chi connectivity index (χ0) is 11.7. The van der Waals surface area contributed by atoms with E-state index in [9.17, 15) is 0 Å². The minimum Gasteiger partial charge on any atom is -0.382 e. The zero-order valence-electron chi connectivity index (χ0n) is 10.7. The largest absolute Gasteiger partial charge is 0.382 e. The Morgan fingerprint density at radius 2 is 1.94 bits per heavy atom. The number of rotatable bonds is 3. The van der Waals surface area contributed by atoms with Crippen molar-refractivity contribution in [1.82, 2.24) is 0 Å². The first-order chi connectivity index (χ1) is 7.56. The molecule has 0 radical (unpaired) electrons. The van der Waals surface area contributed by atoms with Crippen LogP contribution in [0.15, 0.2) is 18.2 Å². The number of hydrogen-bond donors (Lipinski definition) is 1. The minimum atomic E-state index is 0.693. The van der Waals surface area contributed by atoms with Crippen LogP contribution < -0.4 is 10.2 Å². The lowest BCUT2D eigenvalue weighted by Gasteiger charge is -2.34. The monoisotopic (exact) mass is 218 g/mol. The zero-order valence-corrected chi connectivity index (χ0v) is 10.7. The third kappa shape index (κ3) is 2.31. The Hall–Kier alpha value is -1.18. The molecular formula is C14H22N2. The van der Waals surface area contributed by atoms with E-state index in [0.29, 0.717) is 6.04 Å². The molecule has 1 aromatic rings. The van der Waals surface area contributed by atoms with Gasteiger partial charge in [-0.05, 0) is 49.4 Å². The second-order valence-electron chi connectivity index (χ2n) is 5.31. The predicted octanol–water partition coefficient (Wildman–Crippen LogP) is 3.27. The summed E-state index contributed by atoms with van der Waals surface area (Å²) in [6.45, 7) is 4.50. The highest BCUT2D eigenvalue weighted by molar-refractivity contribution is 5.60. The smallest absolute Gasteiger partial charge is 0.0373 e. The Kier molecular flexibility index (Phi) is 3.08. The Balaban J connectivity index is 2.05. The predicted molar refractivity (Wildman–Crippen MR) is 71.3 cm³/mol. The van der Waals surface area contributed by atoms with Gasteiger partial charge in [-0.2, -0.15) is 0 Å². The van der Waals surface area contributed by atoms with Crippen LogP contribution in [0.5, 0.6) is 0 Å². The van der Waals surface area contributed by atoms with Gasteiger partial charge in [0.25, 0.3) is 0 Å². The molecule has 0 amide bonds. The molecule has 1 aliphatic rings. The van der Waals surface area contributed by atoms with Gasteiger partial charge in [0.2, 0.25) is 0 Å². The van der Waals surface area contributed by atoms with Gasteiger partial charge < -0.3 is 10.2 Å². The van der Waals surface area contributed by atoms with Crippen LogP contribution in [-0.4, -0.2) is 20.1 Å². The highest BCUT2D eigenvalue weighted by Gasteiger charge is 2.25. The van der Waals surface area contributed by atoms with Crippen molar-refractivity contribution >= 4 is 11.4 Å². The van der Waals surface area contributed by atoms with Crippen molar-refractivity contribution in [2.45, 2.75) is 32.7 Å². The fourth-order valence-corrected chi connectivity index (χ4v) is 2.33. The summed E-state index contributed by atoms with van der Waals surface area (Å²) in [5.74, 6) is 0.902. The molecule has 0 heterocycles. The van der Waals surface area contributed by atoms with Crippen LogP contribution in [-0.2, 0) is 0 Å². The highest BCUT2D eigenvalue weighted by atomic mass is 15.1. The molecule has 2 nitrogen and oxygen atoms in total. The van der Waals surface area contributed by atoms with Crippen LogP contribution in [0, 0.1) is 12.8 Å². The standard InChI is InChI=1S/C14H22N2/c1-10-7-12(8-10)15-14-6-5-13(16(3)4)9-11(14)2/h5-6,9-10,12,15H,7-8H2,1-4H3. The first-order valence-corrected chi connectivity index (χ1v) is 6.11. The van der Waals surface area contributed by atoms with E-state index in [2.05, 4.69) is 56.4 Å². The van der Waals surface area contributed by atoms with Crippen LogP contribution in [0.1, 0.15) is 25.3 Å². The number of anilines is 2. The Bertz CT molecular complexity index is 365. The molecule has 1 aromatic carbocycles. The number of nitrogens with zero attached hydrogens (tertiary/aromatic N) is 1. The van der Waals surface area contributed by atoms with Gasteiger partial charge in [-0.25, -0.2) is 0 Å². The normalized spacial score (nSPS) is 23.8. The first kappa shape index (κ1) is 11.3. The third-order valence-electron chi connectivity index (χ3n) is 3.46. The highest BCUT2D eigenvalue weighted by Crippen LogP contribution is 2.31. The Morgan fingerprint density at radius 1 is 1.25 bits per heavy atom. The number of benzene rings is 1. The van der Waals surface area contributed by atoms with Crippen molar-refractivity contribution in [2.75, 3.05) is 24.3 Å². The summed E-state index contributed by atoms with van der Waals surface area (Å²) in [5, 5.41) is 3.62. The molecule has 0 aliphatic heterocycles. The maximum Gasteiger partial charge on any atom is 0.0373 e. The van der Waals surface area contributed by atoms with E-state index in [1.165, 1.54) is 29.8 Å². The molecule has 16 heavy (non-hydrogen) atoms. The van der Waals surface area contributed by atoms with E-state index in [1.807, 2.05) is 0 Å². The van der Waals surface area contributed by atoms with Gasteiger partial charge in [0.15, 0.2) is 0 Å². The molecule has 88 valence electrons. The summed E-state index contributed by atoms with van der Waals surface area (Å²) in [5.41, 5.74) is 3.90. The van der Waals surface area contributed by atoms with Crippen LogP contribution in [0.25, 0.3) is 0 Å². The minimum absolute atomic E-state index is 0.693. The van der Waals surface area contributed by atoms with Crippen molar-refractivity contribution in [3.63, 3.8) is 0 Å². The molecule has 1 aliphatic carbocycles. The van der Waals surface area contributed by atoms with Crippen molar-refractivity contribution in [2.24, 2.45) is 5.92 Å². The average Bonchev–Trinajstić information content (AvgIpc) is 2.18. The molecule has 0 saturated heterocycles. The summed E-state index contributed by atoms with van der Waals surface area (Å²) in [4.78, 5) is 2.14. The fourth-order valence-electron chi connectivity index (χ4n) is 2.33. The van der Waals surface area contributed by atoms with Crippen LogP contribution in [0.3, 0.4) is 0 Å². The SMILES string of the molecule is Cc1cc(N(C)C)ccc1NC1CC(C)C1. The van der Waals surface area contributed by atoms with Gasteiger partial charge in [-0.1, -0.05) is 6.92 Å². The maximum atomic E-state index is 3.62. The fraction of sp³-hybridized carbons (Fsp3) is 0.571. The lowest BCUT2D eigenvalue weighted by molar-refractivity contribution is 0.309. The van der Waals surface area contributed by atoms with Gasteiger partial charge >= 0.3 is 0 Å². The average molecular weight is 218 g/mol. The number of aryl methyl sites for hydroxylation is 1. The van der Waals surface area contributed by atoms with Crippen LogP contribution >= 0.6 is 0 Å². The Labute approximate surface area is 98.7 Å². The molecule has 0 aromatic heterocycles. The second-order valence-corrected chi connectivity index (χ2v) is 5.31. The van der Waals surface area contributed by atoms with E-state index in [0.717, 1.165) is 5.92 Å². The van der Waals surface area contributed by atoms with E-state index in [4.69, 9.17) is 0 Å². The molecule has 0 unspecified atom stereocenters. The lowest BCUT2D eigenvalue weighted by Crippen LogP contribution is -2.33. The summed E-state index contributed by atoms with van der Waals surface area (Å²) >= 11 is 0. The molecule has 2 heteroatoms. The van der Waals surface area contributed by atoms with Gasteiger partial charge in [-0.15, -0.1) is 0 Å². The van der Waals surface area contributed by atoms with Gasteiger partial charge in [-0.3, -0.25) is 0 Å². The topological polar surface area (TPSA) is 15.3 Å². The summed E-state index contributed by atoms with van der Waals surface area (Å²) in [6.07, 6.45) is 2.63. The molecule has 1 fully saturated rings. The quantitative estimate of drug-likeness (QED) is 0.837. The molecule has 2 rings (SSSR count). The van der Waals surface area contributed by atoms with Crippen molar-refractivity contribution in [3.05, 3.63) is 23.8 Å². The summed E-state index contributed by atoms with van der Waals surface area (Å²) in [7, 11) is 4.16. The van der Waals surface area contributed by atoms with E-state index in [-0.39, 0.29) is 0 Å². The second kappa shape index (κ2) is 4.36. The lowest BCUT2D eigenvalue weighted by atomic mass is 9.81. The van der Waals surface area contributed by atoms with Crippen molar-refractivity contribution < 1.29 is 0 Å². The molecule has 1 saturated carbocycles. The summed E-state index contributed by atoms with van der Waals surface area (Å²) < 4.78 is 0. The van der Waals surface area contributed by atoms with Gasteiger partial charge in [0.05, 0.1) is 0 Å². The number of hydrogen-bond acceptors (Lipinski definition) is 2. The van der Waals surface area contributed by atoms with E-state index in [1.54, 1.807) is 0 Å². The number of nitrogens with one attached hydrogen (secondary N) is 1. The van der Waals surface area contributed by atoms with Crippen LogP contribution in [0.2, 0.25) is 0 Å².